The van der Waals surface area contributed by atoms with Gasteiger partial charge in [-0.25, -0.2) is 13.2 Å². The highest BCUT2D eigenvalue weighted by molar-refractivity contribution is 5.95. The molecule has 0 bridgehead atoms. The van der Waals surface area contributed by atoms with Crippen LogP contribution in [0.3, 0.4) is 0 Å². The maximum atomic E-state index is 13.3. The first-order chi connectivity index (χ1) is 8.58. The van der Waals surface area contributed by atoms with Crippen LogP contribution >= 0.6 is 0 Å². The van der Waals surface area contributed by atoms with Gasteiger partial charge in [0.2, 0.25) is 0 Å². The van der Waals surface area contributed by atoms with Gasteiger partial charge in [0.15, 0.2) is 5.78 Å². The second-order valence-corrected chi connectivity index (χ2v) is 3.66. The zero-order chi connectivity index (χ0) is 13.1. The Kier molecular flexibility index (Phi) is 3.41. The third kappa shape index (κ3) is 2.56. The molecule has 0 aliphatic rings. The Hall–Kier alpha value is -2.17. The zero-order valence-electron chi connectivity index (χ0n) is 9.16. The van der Waals surface area contributed by atoms with Gasteiger partial charge in [-0.3, -0.25) is 9.78 Å². The highest BCUT2D eigenvalue weighted by Gasteiger charge is 2.15. The van der Waals surface area contributed by atoms with Gasteiger partial charge in [0.05, 0.1) is 6.20 Å². The molecule has 0 atom stereocenters. The molecule has 0 aliphatic heterocycles. The van der Waals surface area contributed by atoms with Crippen molar-refractivity contribution >= 4 is 5.78 Å². The topological polar surface area (TPSA) is 30.0 Å². The SMILES string of the molecule is O=C(Cc1c(F)cccc1F)c1ccc(F)cn1. The summed E-state index contributed by atoms with van der Waals surface area (Å²) < 4.78 is 39.2. The summed E-state index contributed by atoms with van der Waals surface area (Å²) in [6.45, 7) is 0. The van der Waals surface area contributed by atoms with Gasteiger partial charge in [0, 0.05) is 12.0 Å². The predicted octanol–water partition coefficient (Wildman–Crippen LogP) is 2.92. The van der Waals surface area contributed by atoms with Crippen molar-refractivity contribution in [2.75, 3.05) is 0 Å². The van der Waals surface area contributed by atoms with Crippen LogP contribution in [-0.2, 0) is 6.42 Å². The van der Waals surface area contributed by atoms with Crippen LogP contribution in [0, 0.1) is 17.5 Å². The molecule has 0 radical (unpaired) electrons. The van der Waals surface area contributed by atoms with Crippen molar-refractivity contribution in [3.63, 3.8) is 0 Å². The van der Waals surface area contributed by atoms with Crippen LogP contribution in [-0.4, -0.2) is 10.8 Å². The van der Waals surface area contributed by atoms with Gasteiger partial charge in [-0.05, 0) is 24.3 Å². The molecule has 1 heterocycles. The molecule has 0 unspecified atom stereocenters. The molecule has 2 aromatic rings. The molecule has 0 saturated heterocycles. The van der Waals surface area contributed by atoms with Crippen molar-refractivity contribution < 1.29 is 18.0 Å². The van der Waals surface area contributed by atoms with Gasteiger partial charge in [0.1, 0.15) is 23.1 Å². The molecule has 0 aliphatic carbocycles. The number of carbonyl (C=O) groups is 1. The van der Waals surface area contributed by atoms with Crippen LogP contribution < -0.4 is 0 Å². The van der Waals surface area contributed by atoms with E-state index in [1.54, 1.807) is 0 Å². The molecule has 18 heavy (non-hydrogen) atoms. The number of carbonyl (C=O) groups excluding carboxylic acids is 1. The molecule has 0 N–H and O–H groups in total. The summed E-state index contributed by atoms with van der Waals surface area (Å²) in [5, 5.41) is 0. The molecular formula is C13H8F3NO. The minimum atomic E-state index is -0.787. The van der Waals surface area contributed by atoms with Crippen LogP contribution in [0.5, 0.6) is 0 Å². The Bertz CT molecular complexity index is 561. The molecule has 0 spiro atoms. The van der Waals surface area contributed by atoms with Crippen molar-refractivity contribution in [1.29, 1.82) is 0 Å². The Labute approximate surface area is 101 Å². The number of hydrogen-bond donors (Lipinski definition) is 0. The average molecular weight is 251 g/mol. The summed E-state index contributed by atoms with van der Waals surface area (Å²) in [6.07, 6.45) is 0.433. The standard InChI is InChI=1S/C13H8F3NO/c14-8-4-5-12(17-7-8)13(18)6-9-10(15)2-1-3-11(9)16/h1-5,7H,6H2. The number of hydrogen-bond acceptors (Lipinski definition) is 2. The van der Waals surface area contributed by atoms with Gasteiger partial charge in [-0.1, -0.05) is 6.07 Å². The van der Waals surface area contributed by atoms with Crippen LogP contribution in [0.4, 0.5) is 13.2 Å². The van der Waals surface area contributed by atoms with Gasteiger partial charge in [-0.2, -0.15) is 0 Å². The number of ketones is 1. The van der Waals surface area contributed by atoms with E-state index in [4.69, 9.17) is 0 Å². The fourth-order valence-corrected chi connectivity index (χ4v) is 1.49. The van der Waals surface area contributed by atoms with Crippen molar-refractivity contribution in [3.05, 3.63) is 65.2 Å². The van der Waals surface area contributed by atoms with Crippen LogP contribution in [0.2, 0.25) is 0 Å². The lowest BCUT2D eigenvalue weighted by Gasteiger charge is -2.03. The summed E-state index contributed by atoms with van der Waals surface area (Å²) in [4.78, 5) is 15.3. The maximum Gasteiger partial charge on any atom is 0.185 e. The van der Waals surface area contributed by atoms with Crippen LogP contribution in [0.25, 0.3) is 0 Å². The number of nitrogens with zero attached hydrogens (tertiary/aromatic N) is 1. The molecule has 1 aromatic carbocycles. The fraction of sp³-hybridized carbons (Fsp3) is 0.0769. The lowest BCUT2D eigenvalue weighted by molar-refractivity contribution is 0.0985. The van der Waals surface area contributed by atoms with Crippen molar-refractivity contribution in [1.82, 2.24) is 4.98 Å². The molecule has 0 saturated carbocycles. The quantitative estimate of drug-likeness (QED) is 0.785. The predicted molar refractivity (Wildman–Crippen MR) is 58.6 cm³/mol. The molecule has 0 fully saturated rings. The van der Waals surface area contributed by atoms with Gasteiger partial charge in [-0.15, -0.1) is 0 Å². The number of Topliss-reactive ketones (excluding diaryl/α,β-unsaturated/α-hetero) is 1. The van der Waals surface area contributed by atoms with E-state index >= 15 is 0 Å². The summed E-state index contributed by atoms with van der Waals surface area (Å²) in [7, 11) is 0. The van der Waals surface area contributed by atoms with E-state index in [2.05, 4.69) is 4.98 Å². The van der Waals surface area contributed by atoms with E-state index in [1.807, 2.05) is 0 Å². The van der Waals surface area contributed by atoms with E-state index in [0.717, 1.165) is 24.4 Å². The van der Waals surface area contributed by atoms with Crippen LogP contribution in [0.15, 0.2) is 36.5 Å². The van der Waals surface area contributed by atoms with Crippen LogP contribution in [0.1, 0.15) is 16.1 Å². The number of benzene rings is 1. The second kappa shape index (κ2) is 5.00. The van der Waals surface area contributed by atoms with Gasteiger partial charge >= 0.3 is 0 Å². The Balaban J connectivity index is 2.24. The van der Waals surface area contributed by atoms with E-state index in [0.29, 0.717) is 0 Å². The first-order valence-corrected chi connectivity index (χ1v) is 5.15. The zero-order valence-corrected chi connectivity index (χ0v) is 9.16. The summed E-state index contributed by atoms with van der Waals surface area (Å²) in [5.41, 5.74) is -0.340. The van der Waals surface area contributed by atoms with E-state index in [1.165, 1.54) is 12.1 Å². The van der Waals surface area contributed by atoms with E-state index in [9.17, 15) is 18.0 Å². The monoisotopic (exact) mass is 251 g/mol. The lowest BCUT2D eigenvalue weighted by Crippen LogP contribution is -2.09. The Morgan fingerprint density at radius 3 is 2.28 bits per heavy atom. The van der Waals surface area contributed by atoms with Crippen molar-refractivity contribution in [2.45, 2.75) is 6.42 Å². The second-order valence-electron chi connectivity index (χ2n) is 3.66. The third-order valence-electron chi connectivity index (χ3n) is 2.41. The first-order valence-electron chi connectivity index (χ1n) is 5.15. The first kappa shape index (κ1) is 12.3. The molecule has 2 rings (SSSR count). The Morgan fingerprint density at radius 2 is 1.72 bits per heavy atom. The summed E-state index contributed by atoms with van der Waals surface area (Å²) in [6, 6.07) is 5.61. The molecule has 92 valence electrons. The minimum absolute atomic E-state index is 0.0287. The summed E-state index contributed by atoms with van der Waals surface area (Å²) in [5.74, 6) is -2.72. The average Bonchev–Trinajstić information content (AvgIpc) is 2.34. The molecule has 0 amide bonds. The van der Waals surface area contributed by atoms with E-state index < -0.39 is 29.7 Å². The highest BCUT2D eigenvalue weighted by Crippen LogP contribution is 2.14. The van der Waals surface area contributed by atoms with E-state index in [-0.39, 0.29) is 11.3 Å². The normalized spacial score (nSPS) is 10.4. The minimum Gasteiger partial charge on any atom is -0.292 e. The lowest BCUT2D eigenvalue weighted by atomic mass is 10.1. The molecule has 1 aromatic heterocycles. The Morgan fingerprint density at radius 1 is 1.06 bits per heavy atom. The smallest absolute Gasteiger partial charge is 0.185 e. The summed E-state index contributed by atoms with van der Waals surface area (Å²) >= 11 is 0. The number of pyridine rings is 1. The number of halogens is 3. The molecular weight excluding hydrogens is 243 g/mol. The molecule has 5 heteroatoms. The highest BCUT2D eigenvalue weighted by atomic mass is 19.1. The number of aromatic nitrogens is 1. The van der Waals surface area contributed by atoms with Crippen molar-refractivity contribution in [3.8, 4) is 0 Å². The largest absolute Gasteiger partial charge is 0.292 e. The maximum absolute atomic E-state index is 13.3. The fourth-order valence-electron chi connectivity index (χ4n) is 1.49. The number of rotatable bonds is 3. The van der Waals surface area contributed by atoms with Gasteiger partial charge < -0.3 is 0 Å². The van der Waals surface area contributed by atoms with Gasteiger partial charge in [0.25, 0.3) is 0 Å². The third-order valence-corrected chi connectivity index (χ3v) is 2.41. The van der Waals surface area contributed by atoms with Crippen molar-refractivity contribution in [2.24, 2.45) is 0 Å². The molecule has 2 nitrogen and oxygen atoms in total.